The standard InChI is InChI=1S/C14H20ClNO/c1-10-7-13(17-3)9-14(16(10)2)11-5-4-6-12(15)8-11/h4-6,8,10,13-14H,7,9H2,1-3H3/t10-,13+,14-/m1/s1. The summed E-state index contributed by atoms with van der Waals surface area (Å²) < 4.78 is 5.53. The van der Waals surface area contributed by atoms with Gasteiger partial charge < -0.3 is 4.74 Å². The van der Waals surface area contributed by atoms with E-state index in [1.54, 1.807) is 7.11 Å². The van der Waals surface area contributed by atoms with Gasteiger partial charge in [0.15, 0.2) is 0 Å². The van der Waals surface area contributed by atoms with Crippen LogP contribution in [0.5, 0.6) is 0 Å². The van der Waals surface area contributed by atoms with Gasteiger partial charge in [0.2, 0.25) is 0 Å². The predicted octanol–water partition coefficient (Wildman–Crippen LogP) is 3.51. The molecule has 0 saturated carbocycles. The topological polar surface area (TPSA) is 12.5 Å². The molecule has 0 radical (unpaired) electrons. The molecule has 1 fully saturated rings. The Morgan fingerprint density at radius 3 is 2.76 bits per heavy atom. The summed E-state index contributed by atoms with van der Waals surface area (Å²) in [4.78, 5) is 2.42. The SMILES string of the molecule is CO[C@H]1C[C@@H](C)N(C)[C@@H](c2cccc(Cl)c2)C1. The van der Waals surface area contributed by atoms with Gasteiger partial charge in [0.1, 0.15) is 0 Å². The van der Waals surface area contributed by atoms with E-state index >= 15 is 0 Å². The number of nitrogens with zero attached hydrogens (tertiary/aromatic N) is 1. The van der Waals surface area contributed by atoms with Gasteiger partial charge in [-0.1, -0.05) is 23.7 Å². The second kappa shape index (κ2) is 5.38. The molecule has 0 aromatic heterocycles. The lowest BCUT2D eigenvalue weighted by molar-refractivity contribution is -0.00595. The molecule has 0 amide bonds. The first-order valence-corrected chi connectivity index (χ1v) is 6.49. The second-order valence-electron chi connectivity index (χ2n) is 4.91. The number of halogens is 1. The molecule has 3 heteroatoms. The van der Waals surface area contributed by atoms with E-state index < -0.39 is 0 Å². The lowest BCUT2D eigenvalue weighted by atomic mass is 9.90. The van der Waals surface area contributed by atoms with Gasteiger partial charge >= 0.3 is 0 Å². The molecule has 1 aliphatic rings. The van der Waals surface area contributed by atoms with Gasteiger partial charge in [-0.2, -0.15) is 0 Å². The summed E-state index contributed by atoms with van der Waals surface area (Å²) in [6.45, 7) is 2.25. The summed E-state index contributed by atoms with van der Waals surface area (Å²) in [5.41, 5.74) is 1.29. The highest BCUT2D eigenvalue weighted by molar-refractivity contribution is 6.30. The highest BCUT2D eigenvalue weighted by Crippen LogP contribution is 2.34. The summed E-state index contributed by atoms with van der Waals surface area (Å²) in [5.74, 6) is 0. The molecule has 2 rings (SSSR count). The maximum Gasteiger partial charge on any atom is 0.0604 e. The summed E-state index contributed by atoms with van der Waals surface area (Å²) in [7, 11) is 3.99. The lowest BCUT2D eigenvalue weighted by Gasteiger charge is -2.41. The van der Waals surface area contributed by atoms with E-state index in [0.717, 1.165) is 17.9 Å². The smallest absolute Gasteiger partial charge is 0.0604 e. The van der Waals surface area contributed by atoms with Crippen molar-refractivity contribution in [2.24, 2.45) is 0 Å². The zero-order chi connectivity index (χ0) is 12.4. The maximum absolute atomic E-state index is 6.07. The van der Waals surface area contributed by atoms with Gasteiger partial charge in [0.05, 0.1) is 6.10 Å². The first-order chi connectivity index (χ1) is 8.11. The van der Waals surface area contributed by atoms with Gasteiger partial charge in [-0.15, -0.1) is 0 Å². The molecule has 1 aliphatic heterocycles. The molecule has 3 atom stereocenters. The molecule has 0 spiro atoms. The molecule has 0 N–H and O–H groups in total. The van der Waals surface area contributed by atoms with Crippen LogP contribution in [0.25, 0.3) is 0 Å². The minimum absolute atomic E-state index is 0.352. The second-order valence-corrected chi connectivity index (χ2v) is 5.35. The zero-order valence-corrected chi connectivity index (χ0v) is 11.4. The molecular weight excluding hydrogens is 234 g/mol. The van der Waals surface area contributed by atoms with Crippen molar-refractivity contribution in [3.05, 3.63) is 34.9 Å². The molecule has 1 aromatic carbocycles. The molecule has 1 aromatic rings. The van der Waals surface area contributed by atoms with Gasteiger partial charge in [-0.05, 0) is 44.5 Å². The number of rotatable bonds is 2. The highest BCUT2D eigenvalue weighted by atomic mass is 35.5. The van der Waals surface area contributed by atoms with E-state index in [1.165, 1.54) is 5.56 Å². The molecule has 0 aliphatic carbocycles. The van der Waals surface area contributed by atoms with Crippen LogP contribution in [0.1, 0.15) is 31.4 Å². The van der Waals surface area contributed by atoms with Crippen molar-refractivity contribution < 1.29 is 4.74 Å². The van der Waals surface area contributed by atoms with E-state index in [4.69, 9.17) is 16.3 Å². The Balaban J connectivity index is 2.23. The van der Waals surface area contributed by atoms with Crippen molar-refractivity contribution in [3.8, 4) is 0 Å². The predicted molar refractivity (Wildman–Crippen MR) is 71.4 cm³/mol. The number of ether oxygens (including phenoxy) is 1. The Morgan fingerprint density at radius 1 is 1.35 bits per heavy atom. The van der Waals surface area contributed by atoms with Crippen LogP contribution >= 0.6 is 11.6 Å². The van der Waals surface area contributed by atoms with Crippen molar-refractivity contribution >= 4 is 11.6 Å². The van der Waals surface area contributed by atoms with E-state index in [9.17, 15) is 0 Å². The highest BCUT2D eigenvalue weighted by Gasteiger charge is 2.31. The number of likely N-dealkylation sites (tertiary alicyclic amines) is 1. The maximum atomic E-state index is 6.07. The fourth-order valence-electron chi connectivity index (χ4n) is 2.64. The average Bonchev–Trinajstić information content (AvgIpc) is 2.32. The molecule has 0 unspecified atom stereocenters. The minimum atomic E-state index is 0.352. The van der Waals surface area contributed by atoms with Gasteiger partial charge in [-0.25, -0.2) is 0 Å². The van der Waals surface area contributed by atoms with Crippen LogP contribution in [0.2, 0.25) is 5.02 Å². The van der Waals surface area contributed by atoms with Crippen LogP contribution in [-0.4, -0.2) is 31.2 Å². The van der Waals surface area contributed by atoms with Crippen LogP contribution in [0.15, 0.2) is 24.3 Å². The van der Waals surface area contributed by atoms with Gasteiger partial charge in [0, 0.05) is 24.2 Å². The average molecular weight is 254 g/mol. The quantitative estimate of drug-likeness (QED) is 0.800. The van der Waals surface area contributed by atoms with Gasteiger partial charge in [0.25, 0.3) is 0 Å². The van der Waals surface area contributed by atoms with E-state index in [0.29, 0.717) is 18.2 Å². The lowest BCUT2D eigenvalue weighted by Crippen LogP contribution is -2.42. The Hall–Kier alpha value is -0.570. The monoisotopic (exact) mass is 253 g/mol. The first kappa shape index (κ1) is 12.9. The Morgan fingerprint density at radius 2 is 2.12 bits per heavy atom. The number of hydrogen-bond acceptors (Lipinski definition) is 2. The number of benzene rings is 1. The van der Waals surface area contributed by atoms with Crippen LogP contribution in [0.3, 0.4) is 0 Å². The normalized spacial score (nSPS) is 30.5. The Labute approximate surface area is 109 Å². The van der Waals surface area contributed by atoms with Crippen molar-refractivity contribution in [1.29, 1.82) is 0 Å². The third kappa shape index (κ3) is 2.82. The molecule has 2 nitrogen and oxygen atoms in total. The first-order valence-electron chi connectivity index (χ1n) is 6.12. The third-order valence-corrected chi connectivity index (χ3v) is 4.08. The van der Waals surface area contributed by atoms with Crippen LogP contribution < -0.4 is 0 Å². The van der Waals surface area contributed by atoms with Crippen LogP contribution in [0, 0.1) is 0 Å². The molecule has 1 heterocycles. The van der Waals surface area contributed by atoms with Crippen LogP contribution in [0.4, 0.5) is 0 Å². The summed E-state index contributed by atoms with van der Waals surface area (Å²) in [5, 5.41) is 0.808. The minimum Gasteiger partial charge on any atom is -0.381 e. The summed E-state index contributed by atoms with van der Waals surface area (Å²) in [6, 6.07) is 9.10. The Bertz CT molecular complexity index is 382. The third-order valence-electron chi connectivity index (χ3n) is 3.84. The molecule has 0 bridgehead atoms. The largest absolute Gasteiger partial charge is 0.381 e. The van der Waals surface area contributed by atoms with Gasteiger partial charge in [-0.3, -0.25) is 4.90 Å². The number of piperidine rings is 1. The Kier molecular flexibility index (Phi) is 4.08. The molecular formula is C14H20ClNO. The van der Waals surface area contributed by atoms with Crippen LogP contribution in [-0.2, 0) is 4.74 Å². The molecule has 1 saturated heterocycles. The number of hydrogen-bond donors (Lipinski definition) is 0. The van der Waals surface area contributed by atoms with E-state index in [2.05, 4.69) is 31.0 Å². The van der Waals surface area contributed by atoms with Crippen molar-refractivity contribution in [2.45, 2.75) is 38.0 Å². The zero-order valence-electron chi connectivity index (χ0n) is 10.7. The van der Waals surface area contributed by atoms with E-state index in [-0.39, 0.29) is 0 Å². The van der Waals surface area contributed by atoms with Crippen molar-refractivity contribution in [2.75, 3.05) is 14.2 Å². The molecule has 17 heavy (non-hydrogen) atoms. The fraction of sp³-hybridized carbons (Fsp3) is 0.571. The fourth-order valence-corrected chi connectivity index (χ4v) is 2.84. The summed E-state index contributed by atoms with van der Waals surface area (Å²) in [6.07, 6.45) is 2.49. The molecule has 94 valence electrons. The van der Waals surface area contributed by atoms with Crippen molar-refractivity contribution in [1.82, 2.24) is 4.90 Å². The van der Waals surface area contributed by atoms with Crippen molar-refractivity contribution in [3.63, 3.8) is 0 Å². The van der Waals surface area contributed by atoms with E-state index in [1.807, 2.05) is 12.1 Å². The summed E-state index contributed by atoms with van der Waals surface area (Å²) >= 11 is 6.07. The number of methoxy groups -OCH3 is 1.